The number of aliphatic hydroxyl groups is 1. The second-order valence-corrected chi connectivity index (χ2v) is 4.05. The van der Waals surface area contributed by atoms with E-state index >= 15 is 0 Å². The summed E-state index contributed by atoms with van der Waals surface area (Å²) < 4.78 is 0. The van der Waals surface area contributed by atoms with E-state index in [1.165, 1.54) is 6.92 Å². The first-order chi connectivity index (χ1) is 6.57. The Bertz CT molecular complexity index is 190. The van der Waals surface area contributed by atoms with Gasteiger partial charge >= 0.3 is 0 Å². The van der Waals surface area contributed by atoms with E-state index < -0.39 is 6.10 Å². The number of carbonyl (C=O) groups is 1. The Morgan fingerprint density at radius 2 is 2.14 bits per heavy atom. The zero-order chi connectivity index (χ0) is 11.0. The molecule has 0 radical (unpaired) electrons. The van der Waals surface area contributed by atoms with E-state index in [2.05, 4.69) is 13.0 Å². The monoisotopic (exact) mass is 218 g/mol. The van der Waals surface area contributed by atoms with Crippen molar-refractivity contribution >= 4 is 17.4 Å². The Morgan fingerprint density at radius 1 is 1.50 bits per heavy atom. The molecule has 0 aromatic rings. The highest BCUT2D eigenvalue weighted by molar-refractivity contribution is 6.21. The fraction of sp³-hybridized carbons (Fsp3) is 0.727. The van der Waals surface area contributed by atoms with E-state index in [1.807, 2.05) is 6.08 Å². The maximum absolute atomic E-state index is 10.7. The van der Waals surface area contributed by atoms with Crippen LogP contribution in [0.25, 0.3) is 0 Å². The number of halogens is 1. The van der Waals surface area contributed by atoms with Crippen molar-refractivity contribution in [3.8, 4) is 0 Å². The van der Waals surface area contributed by atoms with E-state index in [0.29, 0.717) is 6.42 Å². The summed E-state index contributed by atoms with van der Waals surface area (Å²) in [5.41, 5.74) is 0. The molecule has 0 heterocycles. The predicted octanol–water partition coefficient (Wildman–Crippen LogP) is 2.68. The van der Waals surface area contributed by atoms with Crippen LogP contribution in [0, 0.1) is 0 Å². The molecule has 2 nitrogen and oxygen atoms in total. The van der Waals surface area contributed by atoms with Crippen LogP contribution in [0.15, 0.2) is 12.2 Å². The van der Waals surface area contributed by atoms with Crippen molar-refractivity contribution < 1.29 is 9.90 Å². The van der Waals surface area contributed by atoms with Crippen molar-refractivity contribution in [2.75, 3.05) is 0 Å². The molecule has 0 spiro atoms. The number of carbonyl (C=O) groups excluding carboxylic acids is 1. The Hall–Kier alpha value is -0.340. The summed E-state index contributed by atoms with van der Waals surface area (Å²) >= 11 is 5.90. The maximum Gasteiger partial charge on any atom is 0.132 e. The van der Waals surface area contributed by atoms with Crippen LogP contribution < -0.4 is 0 Å². The summed E-state index contributed by atoms with van der Waals surface area (Å²) in [5, 5.41) is 9.10. The number of alkyl halides is 1. The van der Waals surface area contributed by atoms with Crippen LogP contribution in [0.1, 0.15) is 39.5 Å². The minimum absolute atomic E-state index is 0.0271. The summed E-state index contributed by atoms with van der Waals surface area (Å²) in [6, 6.07) is 0. The molecule has 82 valence electrons. The predicted molar refractivity (Wildman–Crippen MR) is 59.6 cm³/mol. The zero-order valence-electron chi connectivity index (χ0n) is 8.87. The number of hydrogen-bond donors (Lipinski definition) is 1. The van der Waals surface area contributed by atoms with Gasteiger partial charge in [0.25, 0.3) is 0 Å². The Labute approximate surface area is 91.0 Å². The Morgan fingerprint density at radius 3 is 2.64 bits per heavy atom. The molecular weight excluding hydrogens is 200 g/mol. The third-order valence-electron chi connectivity index (χ3n) is 1.90. The molecule has 0 aromatic heterocycles. The molecule has 0 aliphatic rings. The van der Waals surface area contributed by atoms with Crippen molar-refractivity contribution in [1.29, 1.82) is 0 Å². The first kappa shape index (κ1) is 13.7. The minimum Gasteiger partial charge on any atom is -0.391 e. The van der Waals surface area contributed by atoms with Gasteiger partial charge in [0.05, 0.1) is 11.5 Å². The molecule has 0 aliphatic carbocycles. The van der Waals surface area contributed by atoms with Crippen LogP contribution in [-0.4, -0.2) is 22.4 Å². The summed E-state index contributed by atoms with van der Waals surface area (Å²) in [6.45, 7) is 3.56. The van der Waals surface area contributed by atoms with E-state index in [0.717, 1.165) is 12.8 Å². The lowest BCUT2D eigenvalue weighted by Crippen LogP contribution is -2.22. The van der Waals surface area contributed by atoms with Crippen molar-refractivity contribution in [2.24, 2.45) is 0 Å². The van der Waals surface area contributed by atoms with Crippen LogP contribution >= 0.6 is 11.6 Å². The average Bonchev–Trinajstić information content (AvgIpc) is 2.11. The smallest absolute Gasteiger partial charge is 0.132 e. The van der Waals surface area contributed by atoms with Gasteiger partial charge in [0.1, 0.15) is 5.78 Å². The molecule has 0 aliphatic heterocycles. The van der Waals surface area contributed by atoms with E-state index in [-0.39, 0.29) is 17.6 Å². The van der Waals surface area contributed by atoms with Gasteiger partial charge in [-0.3, -0.25) is 4.79 Å². The average molecular weight is 219 g/mol. The summed E-state index contributed by atoms with van der Waals surface area (Å²) in [5.74, 6) is -0.0271. The number of ketones is 1. The summed E-state index contributed by atoms with van der Waals surface area (Å²) in [6.07, 6.45) is 6.21. The van der Waals surface area contributed by atoms with Gasteiger partial charge in [-0.2, -0.15) is 0 Å². The van der Waals surface area contributed by atoms with Crippen LogP contribution in [0.5, 0.6) is 0 Å². The SMILES string of the molecule is CCCC=CC[C@@H](Cl)[C@@H](O)CC(C)=O. The lowest BCUT2D eigenvalue weighted by molar-refractivity contribution is -0.118. The zero-order valence-corrected chi connectivity index (χ0v) is 9.63. The van der Waals surface area contributed by atoms with Gasteiger partial charge in [-0.15, -0.1) is 11.6 Å². The van der Waals surface area contributed by atoms with Gasteiger partial charge in [-0.05, 0) is 19.8 Å². The largest absolute Gasteiger partial charge is 0.391 e. The quantitative estimate of drug-likeness (QED) is 0.527. The molecule has 0 rings (SSSR count). The lowest BCUT2D eigenvalue weighted by Gasteiger charge is -2.13. The number of hydrogen-bond acceptors (Lipinski definition) is 2. The van der Waals surface area contributed by atoms with Crippen LogP contribution in [-0.2, 0) is 4.79 Å². The number of Topliss-reactive ketones (excluding diaryl/α,β-unsaturated/α-hetero) is 1. The first-order valence-corrected chi connectivity index (χ1v) is 5.48. The highest BCUT2D eigenvalue weighted by Gasteiger charge is 2.16. The normalized spacial score (nSPS) is 15.7. The number of allylic oxidation sites excluding steroid dienone is 2. The fourth-order valence-corrected chi connectivity index (χ4v) is 1.28. The summed E-state index contributed by atoms with van der Waals surface area (Å²) in [4.78, 5) is 10.7. The fourth-order valence-electron chi connectivity index (χ4n) is 1.09. The van der Waals surface area contributed by atoms with E-state index in [9.17, 15) is 9.90 Å². The van der Waals surface area contributed by atoms with Crippen LogP contribution in [0.3, 0.4) is 0 Å². The van der Waals surface area contributed by atoms with Crippen LogP contribution in [0.4, 0.5) is 0 Å². The molecule has 0 amide bonds. The van der Waals surface area contributed by atoms with Crippen LogP contribution in [0.2, 0.25) is 0 Å². The molecule has 0 unspecified atom stereocenters. The van der Waals surface area contributed by atoms with Gasteiger partial charge in [-0.1, -0.05) is 25.5 Å². The molecule has 14 heavy (non-hydrogen) atoms. The van der Waals surface area contributed by atoms with Gasteiger partial charge in [0.15, 0.2) is 0 Å². The van der Waals surface area contributed by atoms with Crippen molar-refractivity contribution in [3.63, 3.8) is 0 Å². The number of unbranched alkanes of at least 4 members (excludes halogenated alkanes) is 1. The molecule has 0 saturated carbocycles. The topological polar surface area (TPSA) is 37.3 Å². The highest BCUT2D eigenvalue weighted by Crippen LogP contribution is 2.12. The first-order valence-electron chi connectivity index (χ1n) is 5.04. The molecule has 0 bridgehead atoms. The Balaban J connectivity index is 3.71. The maximum atomic E-state index is 10.7. The molecule has 3 heteroatoms. The van der Waals surface area contributed by atoms with Gasteiger partial charge in [-0.25, -0.2) is 0 Å². The number of aliphatic hydroxyl groups excluding tert-OH is 1. The molecule has 0 aromatic carbocycles. The summed E-state index contributed by atoms with van der Waals surface area (Å²) in [7, 11) is 0. The highest BCUT2D eigenvalue weighted by atomic mass is 35.5. The van der Waals surface area contributed by atoms with E-state index in [4.69, 9.17) is 11.6 Å². The lowest BCUT2D eigenvalue weighted by atomic mass is 10.1. The molecule has 2 atom stereocenters. The molecule has 0 fully saturated rings. The standard InChI is InChI=1S/C11H19ClO2/c1-3-4-5-6-7-10(12)11(14)8-9(2)13/h5-6,10-11,14H,3-4,7-8H2,1-2H3/t10-,11+/m1/s1. The molecular formula is C11H19ClO2. The Kier molecular flexibility index (Phi) is 7.81. The minimum atomic E-state index is -0.722. The number of rotatable bonds is 7. The third kappa shape index (κ3) is 7.10. The molecule has 1 N–H and O–H groups in total. The second kappa shape index (κ2) is 8.01. The van der Waals surface area contributed by atoms with Crippen molar-refractivity contribution in [2.45, 2.75) is 51.0 Å². The second-order valence-electron chi connectivity index (χ2n) is 3.49. The molecule has 0 saturated heterocycles. The van der Waals surface area contributed by atoms with Crippen molar-refractivity contribution in [1.82, 2.24) is 0 Å². The third-order valence-corrected chi connectivity index (χ3v) is 2.37. The van der Waals surface area contributed by atoms with Gasteiger partial charge < -0.3 is 5.11 Å². The van der Waals surface area contributed by atoms with Crippen molar-refractivity contribution in [3.05, 3.63) is 12.2 Å². The van der Waals surface area contributed by atoms with Gasteiger partial charge in [0.2, 0.25) is 0 Å². The van der Waals surface area contributed by atoms with Gasteiger partial charge in [0, 0.05) is 6.42 Å². The van der Waals surface area contributed by atoms with E-state index in [1.54, 1.807) is 0 Å².